The number of nitrogens with one attached hydrogen (secondary N) is 2. The number of fused-ring (bicyclic) bond motifs is 1. The highest BCUT2D eigenvalue weighted by Crippen LogP contribution is 2.52. The van der Waals surface area contributed by atoms with E-state index in [-0.39, 0.29) is 16.4 Å². The minimum Gasteiger partial charge on any atom is -0.484 e. The van der Waals surface area contributed by atoms with Crippen molar-refractivity contribution >= 4 is 34.9 Å². The van der Waals surface area contributed by atoms with E-state index >= 15 is 0 Å². The maximum atomic E-state index is 13.2. The zero-order chi connectivity index (χ0) is 24.8. The first-order valence-corrected chi connectivity index (χ1v) is 10.9. The molecule has 1 fully saturated rings. The van der Waals surface area contributed by atoms with E-state index in [0.29, 0.717) is 34.2 Å². The number of thioether (sulfide) groups is 1. The second kappa shape index (κ2) is 8.39. The van der Waals surface area contributed by atoms with Crippen LogP contribution in [0.5, 0.6) is 11.5 Å². The molecule has 0 bridgehead atoms. The Bertz CT molecular complexity index is 1240. The lowest BCUT2D eigenvalue weighted by Crippen LogP contribution is -2.27. The van der Waals surface area contributed by atoms with Crippen LogP contribution in [0.1, 0.15) is 47.0 Å². The molecule has 11 heteroatoms. The van der Waals surface area contributed by atoms with E-state index in [1.54, 1.807) is 32.0 Å². The molecule has 1 saturated heterocycles. The summed E-state index contributed by atoms with van der Waals surface area (Å²) in [4.78, 5) is 35.5. The third kappa shape index (κ3) is 4.47. The molecular formula is C23H19F3N2O5S. The summed E-state index contributed by atoms with van der Waals surface area (Å²) in [6.07, 6.45) is -4.43. The van der Waals surface area contributed by atoms with Crippen molar-refractivity contribution in [2.24, 2.45) is 0 Å². The highest BCUT2D eigenvalue weighted by Gasteiger charge is 2.45. The average Bonchev–Trinajstić information content (AvgIpc) is 3.21. The Hall–Kier alpha value is -3.47. The largest absolute Gasteiger partial charge is 0.573 e. The molecule has 2 aromatic carbocycles. The van der Waals surface area contributed by atoms with Gasteiger partial charge < -0.3 is 14.8 Å². The van der Waals surface area contributed by atoms with E-state index < -0.39 is 34.8 Å². The van der Waals surface area contributed by atoms with E-state index in [2.05, 4.69) is 15.4 Å². The molecule has 1 atom stereocenters. The van der Waals surface area contributed by atoms with Crippen LogP contribution in [0.4, 0.5) is 18.0 Å². The maximum absolute atomic E-state index is 13.2. The minimum atomic E-state index is -4.94. The summed E-state index contributed by atoms with van der Waals surface area (Å²) in [5, 5.41) is 4.13. The lowest BCUT2D eigenvalue weighted by molar-refractivity contribution is -0.275. The van der Waals surface area contributed by atoms with Gasteiger partial charge >= 0.3 is 6.36 Å². The topological polar surface area (TPSA) is 93.7 Å². The summed E-state index contributed by atoms with van der Waals surface area (Å²) in [6.45, 7) is 3.58. The van der Waals surface area contributed by atoms with Crippen LogP contribution in [0.25, 0.3) is 6.08 Å². The quantitative estimate of drug-likeness (QED) is 0.602. The summed E-state index contributed by atoms with van der Waals surface area (Å²) in [5.74, 6) is -0.912. The SMILES string of the molecule is CNC(=O)c1ccc2c(c1)C(C)(C)C(c1cc(C=C3SC(=O)NC3=O)ccc1OC(F)(F)F)O2. The van der Waals surface area contributed by atoms with E-state index in [0.717, 1.165) is 6.07 Å². The summed E-state index contributed by atoms with van der Waals surface area (Å²) in [6, 6.07) is 8.75. The number of carbonyl (C=O) groups excluding carboxylic acids is 3. The highest BCUT2D eigenvalue weighted by molar-refractivity contribution is 8.18. The second-order valence-electron chi connectivity index (χ2n) is 8.21. The molecule has 0 spiro atoms. The molecule has 178 valence electrons. The molecule has 2 aliphatic rings. The number of ether oxygens (including phenoxy) is 2. The smallest absolute Gasteiger partial charge is 0.484 e. The number of carbonyl (C=O) groups is 3. The molecule has 0 aliphatic carbocycles. The number of alkyl halides is 3. The van der Waals surface area contributed by atoms with Crippen molar-refractivity contribution in [3.63, 3.8) is 0 Å². The molecule has 1 unspecified atom stereocenters. The van der Waals surface area contributed by atoms with E-state index in [1.165, 1.54) is 25.3 Å². The van der Waals surface area contributed by atoms with Gasteiger partial charge in [-0.15, -0.1) is 13.2 Å². The van der Waals surface area contributed by atoms with E-state index in [9.17, 15) is 27.6 Å². The van der Waals surface area contributed by atoms with Gasteiger partial charge in [-0.3, -0.25) is 19.7 Å². The van der Waals surface area contributed by atoms with Crippen LogP contribution < -0.4 is 20.1 Å². The maximum Gasteiger partial charge on any atom is 0.573 e. The fourth-order valence-electron chi connectivity index (χ4n) is 3.94. The molecule has 7 nitrogen and oxygen atoms in total. The van der Waals surface area contributed by atoms with Crippen LogP contribution in [0.2, 0.25) is 0 Å². The molecule has 3 amide bonds. The van der Waals surface area contributed by atoms with Gasteiger partial charge in [0.2, 0.25) is 0 Å². The first-order chi connectivity index (χ1) is 15.9. The van der Waals surface area contributed by atoms with Crippen molar-refractivity contribution in [2.45, 2.75) is 31.7 Å². The zero-order valence-corrected chi connectivity index (χ0v) is 19.0. The Morgan fingerprint density at radius 2 is 1.94 bits per heavy atom. The van der Waals surface area contributed by atoms with Crippen LogP contribution in [0.15, 0.2) is 41.3 Å². The monoisotopic (exact) mass is 492 g/mol. The first kappa shape index (κ1) is 23.7. The van der Waals surface area contributed by atoms with Crippen molar-refractivity contribution in [1.29, 1.82) is 0 Å². The lowest BCUT2D eigenvalue weighted by atomic mass is 9.77. The number of hydrogen-bond acceptors (Lipinski definition) is 6. The van der Waals surface area contributed by atoms with Crippen LogP contribution in [0.3, 0.4) is 0 Å². The zero-order valence-electron chi connectivity index (χ0n) is 18.2. The number of imide groups is 1. The van der Waals surface area contributed by atoms with Gasteiger partial charge in [0, 0.05) is 29.2 Å². The third-order valence-corrected chi connectivity index (χ3v) is 6.36. The summed E-state index contributed by atoms with van der Waals surface area (Å²) >= 11 is 0.698. The van der Waals surface area contributed by atoms with Gasteiger partial charge in [-0.2, -0.15) is 0 Å². The van der Waals surface area contributed by atoms with Gasteiger partial charge in [-0.05, 0) is 53.7 Å². The van der Waals surface area contributed by atoms with Crippen molar-refractivity contribution in [2.75, 3.05) is 7.05 Å². The Kier molecular flexibility index (Phi) is 5.84. The molecule has 2 heterocycles. The Morgan fingerprint density at radius 1 is 1.21 bits per heavy atom. The van der Waals surface area contributed by atoms with Crippen molar-refractivity contribution in [3.05, 3.63) is 63.6 Å². The number of benzene rings is 2. The fourth-order valence-corrected chi connectivity index (χ4v) is 4.62. The molecule has 2 aromatic rings. The predicted molar refractivity (Wildman–Crippen MR) is 118 cm³/mol. The van der Waals surface area contributed by atoms with Crippen molar-refractivity contribution in [1.82, 2.24) is 10.6 Å². The van der Waals surface area contributed by atoms with Crippen LogP contribution >= 0.6 is 11.8 Å². The molecule has 0 aromatic heterocycles. The van der Waals surface area contributed by atoms with Crippen LogP contribution in [-0.4, -0.2) is 30.5 Å². The minimum absolute atomic E-state index is 0.101. The van der Waals surface area contributed by atoms with E-state index in [1.807, 2.05) is 0 Å². The first-order valence-electron chi connectivity index (χ1n) is 10.1. The summed E-state index contributed by atoms with van der Waals surface area (Å²) in [7, 11) is 1.50. The fraction of sp³-hybridized carbons (Fsp3) is 0.261. The molecule has 4 rings (SSSR count). The predicted octanol–water partition coefficient (Wildman–Crippen LogP) is 4.68. The average molecular weight is 492 g/mol. The van der Waals surface area contributed by atoms with Gasteiger partial charge in [-0.1, -0.05) is 19.9 Å². The Morgan fingerprint density at radius 3 is 2.56 bits per heavy atom. The number of rotatable bonds is 4. The number of halogens is 3. The molecule has 2 N–H and O–H groups in total. The Labute approximate surface area is 196 Å². The van der Waals surface area contributed by atoms with Gasteiger partial charge in [0.25, 0.3) is 17.1 Å². The summed E-state index contributed by atoms with van der Waals surface area (Å²) in [5.41, 5.74) is 0.682. The molecular weight excluding hydrogens is 473 g/mol. The van der Waals surface area contributed by atoms with Crippen LogP contribution in [-0.2, 0) is 10.2 Å². The highest BCUT2D eigenvalue weighted by atomic mass is 32.2. The van der Waals surface area contributed by atoms with Crippen molar-refractivity contribution < 1.29 is 37.0 Å². The molecule has 0 radical (unpaired) electrons. The van der Waals surface area contributed by atoms with Crippen molar-refractivity contribution in [3.8, 4) is 11.5 Å². The summed E-state index contributed by atoms with van der Waals surface area (Å²) < 4.78 is 49.8. The Balaban J connectivity index is 1.79. The van der Waals surface area contributed by atoms with Gasteiger partial charge in [0.05, 0.1) is 4.91 Å². The van der Waals surface area contributed by atoms with Gasteiger partial charge in [0.15, 0.2) is 0 Å². The lowest BCUT2D eigenvalue weighted by Gasteiger charge is -2.28. The second-order valence-corrected chi connectivity index (χ2v) is 9.22. The molecule has 0 saturated carbocycles. The normalized spacial score (nSPS) is 20.1. The van der Waals surface area contributed by atoms with Gasteiger partial charge in [-0.25, -0.2) is 0 Å². The standard InChI is InChI=1S/C23H19F3N2O5S/c1-22(2)14-10-12(19(29)27-3)5-7-16(14)32-18(22)13-8-11(4-6-15(13)33-23(24,25)26)9-17-20(30)28-21(31)34-17/h4-10,18H,1-3H3,(H,27,29)(H,28,30,31). The van der Waals surface area contributed by atoms with E-state index in [4.69, 9.17) is 4.74 Å². The number of hydrogen-bond donors (Lipinski definition) is 2. The third-order valence-electron chi connectivity index (χ3n) is 5.55. The van der Waals surface area contributed by atoms with Gasteiger partial charge in [0.1, 0.15) is 17.6 Å². The number of amides is 3. The van der Waals surface area contributed by atoms with Crippen LogP contribution in [0, 0.1) is 0 Å². The molecule has 34 heavy (non-hydrogen) atoms. The molecule has 2 aliphatic heterocycles.